The van der Waals surface area contributed by atoms with Crippen molar-refractivity contribution in [3.05, 3.63) is 11.6 Å². The van der Waals surface area contributed by atoms with Crippen LogP contribution in [0.1, 0.15) is 25.7 Å². The van der Waals surface area contributed by atoms with E-state index in [4.69, 9.17) is 0 Å². The molecule has 27 heavy (non-hydrogen) atoms. The Kier molecular flexibility index (Phi) is 4.80. The van der Waals surface area contributed by atoms with E-state index in [2.05, 4.69) is 9.88 Å². The van der Waals surface area contributed by atoms with E-state index >= 15 is 0 Å². The van der Waals surface area contributed by atoms with Crippen LogP contribution in [0.3, 0.4) is 0 Å². The van der Waals surface area contributed by atoms with Crippen LogP contribution in [0.25, 0.3) is 0 Å². The van der Waals surface area contributed by atoms with Crippen LogP contribution in [0, 0.1) is 11.8 Å². The molecule has 4 atom stereocenters. The monoisotopic (exact) mass is 406 g/mol. The fraction of sp³-hybridized carbons (Fsp3) is 0.737. The van der Waals surface area contributed by atoms with Gasteiger partial charge in [-0.25, -0.2) is 4.98 Å². The Morgan fingerprint density at radius 3 is 2.78 bits per heavy atom. The number of amides is 2. The molecule has 0 aliphatic carbocycles. The van der Waals surface area contributed by atoms with E-state index in [9.17, 15) is 9.59 Å². The molecule has 4 saturated heterocycles. The van der Waals surface area contributed by atoms with E-state index in [1.165, 1.54) is 0 Å². The Hall–Kier alpha value is -1.28. The van der Waals surface area contributed by atoms with Crippen LogP contribution in [0.15, 0.2) is 11.6 Å². The predicted octanol–water partition coefficient (Wildman–Crippen LogP) is 1.92. The Labute approximate surface area is 168 Å². The second-order valence-corrected chi connectivity index (χ2v) is 10.2. The van der Waals surface area contributed by atoms with Crippen molar-refractivity contribution < 1.29 is 9.59 Å². The van der Waals surface area contributed by atoms with Crippen LogP contribution in [-0.4, -0.2) is 76.4 Å². The van der Waals surface area contributed by atoms with Gasteiger partial charge in [0.25, 0.3) is 0 Å². The number of carbonyl (C=O) groups excluding carboxylic acids is 2. The number of nitrogens with zero attached hydrogens (tertiary/aromatic N) is 4. The van der Waals surface area contributed by atoms with Gasteiger partial charge in [-0.3, -0.25) is 9.59 Å². The van der Waals surface area contributed by atoms with Gasteiger partial charge in [0.2, 0.25) is 11.8 Å². The molecule has 6 nitrogen and oxygen atoms in total. The molecular formula is C19H26N4O2S2. The maximum absolute atomic E-state index is 13.5. The van der Waals surface area contributed by atoms with E-state index < -0.39 is 0 Å². The highest BCUT2D eigenvalue weighted by molar-refractivity contribution is 7.99. The molecule has 0 aromatic carbocycles. The predicted molar refractivity (Wildman–Crippen MR) is 108 cm³/mol. The minimum Gasteiger partial charge on any atom is -0.347 e. The van der Waals surface area contributed by atoms with Crippen LogP contribution >= 0.6 is 23.1 Å². The first-order valence-electron chi connectivity index (χ1n) is 10.0. The molecule has 0 spiro atoms. The number of hydrogen-bond donors (Lipinski definition) is 0. The first kappa shape index (κ1) is 17.8. The summed E-state index contributed by atoms with van der Waals surface area (Å²) < 4.78 is 0. The van der Waals surface area contributed by atoms with E-state index in [1.807, 2.05) is 33.1 Å². The number of carbonyl (C=O) groups is 2. The average Bonchev–Trinajstić information content (AvgIpc) is 3.24. The molecule has 0 unspecified atom stereocenters. The van der Waals surface area contributed by atoms with Gasteiger partial charge in [0, 0.05) is 67.6 Å². The van der Waals surface area contributed by atoms with Gasteiger partial charge in [-0.05, 0) is 25.2 Å². The molecule has 0 saturated carbocycles. The normalized spacial score (nSPS) is 33.8. The van der Waals surface area contributed by atoms with Crippen LogP contribution in [0.5, 0.6) is 0 Å². The minimum atomic E-state index is -0.273. The Morgan fingerprint density at radius 2 is 2.00 bits per heavy atom. The van der Waals surface area contributed by atoms with Gasteiger partial charge in [-0.15, -0.1) is 11.3 Å². The third kappa shape index (κ3) is 3.14. The molecule has 4 aliphatic rings. The van der Waals surface area contributed by atoms with Gasteiger partial charge in [-0.1, -0.05) is 0 Å². The summed E-state index contributed by atoms with van der Waals surface area (Å²) >= 11 is 3.59. The Balaban J connectivity index is 1.46. The van der Waals surface area contributed by atoms with Crippen molar-refractivity contribution in [3.8, 4) is 0 Å². The largest absolute Gasteiger partial charge is 0.347 e. The maximum atomic E-state index is 13.5. The molecule has 0 N–H and O–H groups in total. The summed E-state index contributed by atoms with van der Waals surface area (Å²) in [6.07, 6.45) is 5.52. The van der Waals surface area contributed by atoms with Crippen LogP contribution in [-0.2, 0) is 9.59 Å². The molecule has 5 heterocycles. The van der Waals surface area contributed by atoms with Gasteiger partial charge in [-0.2, -0.15) is 11.8 Å². The summed E-state index contributed by atoms with van der Waals surface area (Å²) in [6.45, 7) is 3.43. The lowest BCUT2D eigenvalue weighted by molar-refractivity contribution is -0.161. The van der Waals surface area contributed by atoms with Gasteiger partial charge < -0.3 is 14.7 Å². The maximum Gasteiger partial charge on any atom is 0.245 e. The summed E-state index contributed by atoms with van der Waals surface area (Å²) in [4.78, 5) is 37.4. The summed E-state index contributed by atoms with van der Waals surface area (Å²) in [5, 5.41) is 3.07. The molecule has 5 rings (SSSR count). The molecule has 1 aromatic heterocycles. The minimum absolute atomic E-state index is 0.194. The quantitative estimate of drug-likeness (QED) is 0.751. The number of rotatable bonds is 2. The van der Waals surface area contributed by atoms with Crippen LogP contribution in [0.2, 0.25) is 0 Å². The van der Waals surface area contributed by atoms with Gasteiger partial charge in [0.15, 0.2) is 5.13 Å². The number of aromatic nitrogens is 1. The zero-order valence-electron chi connectivity index (χ0n) is 15.5. The van der Waals surface area contributed by atoms with Gasteiger partial charge in [0.05, 0.1) is 0 Å². The van der Waals surface area contributed by atoms with E-state index in [-0.39, 0.29) is 29.8 Å². The molecule has 1 aromatic rings. The number of thiazole rings is 1. The third-order valence-corrected chi connectivity index (χ3v) is 8.38. The fourth-order valence-corrected chi connectivity index (χ4v) is 7.04. The Morgan fingerprint density at radius 1 is 1.19 bits per heavy atom. The van der Waals surface area contributed by atoms with Crippen molar-refractivity contribution in [2.75, 3.05) is 42.6 Å². The summed E-state index contributed by atoms with van der Waals surface area (Å²) in [7, 11) is 0. The second-order valence-electron chi connectivity index (χ2n) is 8.12. The van der Waals surface area contributed by atoms with Gasteiger partial charge in [0.1, 0.15) is 6.04 Å². The van der Waals surface area contributed by atoms with Crippen molar-refractivity contribution in [2.24, 2.45) is 11.8 Å². The zero-order chi connectivity index (χ0) is 18.4. The molecule has 4 aliphatic heterocycles. The van der Waals surface area contributed by atoms with Crippen molar-refractivity contribution in [1.82, 2.24) is 14.8 Å². The van der Waals surface area contributed by atoms with Crippen LogP contribution < -0.4 is 4.90 Å². The smallest absolute Gasteiger partial charge is 0.245 e. The Bertz CT molecular complexity index is 707. The standard InChI is InChI=1S/C19H26N4O2S2/c24-16-3-1-2-15-13-10-14(12-22(11-13)19-20-4-7-27-19)17(23(15)16)18(25)21-5-8-26-9-6-21/h4,7,13-15,17H,1-3,5-6,8-12H2/t13-,14+,15+,17-/m1/s1. The summed E-state index contributed by atoms with van der Waals surface area (Å²) in [5.74, 6) is 3.09. The highest BCUT2D eigenvalue weighted by atomic mass is 32.2. The highest BCUT2D eigenvalue weighted by Gasteiger charge is 2.53. The molecule has 2 bridgehead atoms. The first-order valence-corrected chi connectivity index (χ1v) is 12.1. The molecule has 146 valence electrons. The topological polar surface area (TPSA) is 56.8 Å². The van der Waals surface area contributed by atoms with Crippen molar-refractivity contribution in [3.63, 3.8) is 0 Å². The lowest BCUT2D eigenvalue weighted by Crippen LogP contribution is -2.69. The number of hydrogen-bond acceptors (Lipinski definition) is 6. The number of fused-ring (bicyclic) bond motifs is 4. The van der Waals surface area contributed by atoms with E-state index in [0.717, 1.165) is 62.1 Å². The SMILES string of the molecule is O=C([C@H]1[C@H]2C[C@H](CN(c3nccs3)C2)[C@@H]2CCCC(=O)N21)N1CCSCC1. The molecular weight excluding hydrogens is 380 g/mol. The zero-order valence-corrected chi connectivity index (χ0v) is 17.1. The molecule has 8 heteroatoms. The van der Waals surface area contributed by atoms with Crippen molar-refractivity contribution in [1.29, 1.82) is 0 Å². The molecule has 4 fully saturated rings. The lowest BCUT2D eigenvalue weighted by atomic mass is 9.71. The third-order valence-electron chi connectivity index (χ3n) is 6.61. The van der Waals surface area contributed by atoms with E-state index in [1.54, 1.807) is 11.3 Å². The summed E-state index contributed by atoms with van der Waals surface area (Å²) in [5.41, 5.74) is 0. The second kappa shape index (κ2) is 7.28. The number of thioether (sulfide) groups is 1. The molecule has 0 radical (unpaired) electrons. The average molecular weight is 407 g/mol. The van der Waals surface area contributed by atoms with E-state index in [0.29, 0.717) is 12.3 Å². The van der Waals surface area contributed by atoms with Crippen LogP contribution in [0.4, 0.5) is 5.13 Å². The van der Waals surface area contributed by atoms with Crippen molar-refractivity contribution in [2.45, 2.75) is 37.8 Å². The highest BCUT2D eigenvalue weighted by Crippen LogP contribution is 2.43. The fourth-order valence-electron chi connectivity index (χ4n) is 5.47. The summed E-state index contributed by atoms with van der Waals surface area (Å²) in [6, 6.07) is -0.0525. The number of anilines is 1. The lowest BCUT2D eigenvalue weighted by Gasteiger charge is -2.56. The van der Waals surface area contributed by atoms with Gasteiger partial charge >= 0.3 is 0 Å². The first-order chi connectivity index (χ1) is 13.2. The molecule has 2 amide bonds. The number of piperidine rings is 3. The van der Waals surface area contributed by atoms with Crippen molar-refractivity contribution >= 4 is 40.0 Å².